The number of methoxy groups -OCH3 is 1. The molecule has 0 saturated heterocycles. The Labute approximate surface area is 178 Å². The molecule has 0 atom stereocenters. The number of ether oxygens (including phenoxy) is 2. The summed E-state index contributed by atoms with van der Waals surface area (Å²) in [6.45, 7) is 1.18. The highest BCUT2D eigenvalue weighted by Gasteiger charge is 2.30. The summed E-state index contributed by atoms with van der Waals surface area (Å²) >= 11 is 0. The van der Waals surface area contributed by atoms with Crippen molar-refractivity contribution in [2.75, 3.05) is 27.3 Å². The molecular formula is C18H22F3IN4O2. The van der Waals surface area contributed by atoms with Crippen LogP contribution in [0.5, 0.6) is 11.6 Å². The van der Waals surface area contributed by atoms with Crippen LogP contribution in [0.3, 0.4) is 0 Å². The normalized spacial score (nSPS) is 11.4. The van der Waals surface area contributed by atoms with Crippen LogP contribution in [0, 0.1) is 0 Å². The van der Waals surface area contributed by atoms with Crippen molar-refractivity contribution in [1.29, 1.82) is 0 Å². The highest BCUT2D eigenvalue weighted by atomic mass is 127. The maximum atomic E-state index is 12.5. The Morgan fingerprint density at radius 3 is 2.57 bits per heavy atom. The van der Waals surface area contributed by atoms with E-state index in [-0.39, 0.29) is 36.5 Å². The standard InChI is InChI=1S/C18H21F3N4O2.HI/c1-22-17(25-11-13-4-3-5-15(10-13)26-2)23-8-9-27-16-7-6-14(12-24-16)18(19,20)21;/h3-7,10,12H,8-9,11H2,1-2H3,(H2,22,23,25);1H. The zero-order chi connectivity index (χ0) is 19.7. The maximum Gasteiger partial charge on any atom is 0.417 e. The summed E-state index contributed by atoms with van der Waals surface area (Å²) in [6.07, 6.45) is -3.66. The number of pyridine rings is 1. The van der Waals surface area contributed by atoms with E-state index in [9.17, 15) is 13.2 Å². The second kappa shape index (κ2) is 11.6. The topological polar surface area (TPSA) is 67.8 Å². The number of rotatable bonds is 7. The van der Waals surface area contributed by atoms with Crippen LogP contribution >= 0.6 is 24.0 Å². The van der Waals surface area contributed by atoms with E-state index in [1.165, 1.54) is 6.07 Å². The summed E-state index contributed by atoms with van der Waals surface area (Å²) in [4.78, 5) is 7.74. The number of halogens is 4. The number of hydrogen-bond acceptors (Lipinski definition) is 4. The third kappa shape index (κ3) is 7.79. The zero-order valence-corrected chi connectivity index (χ0v) is 17.7. The molecule has 2 N–H and O–H groups in total. The van der Waals surface area contributed by atoms with E-state index in [1.54, 1.807) is 14.2 Å². The lowest BCUT2D eigenvalue weighted by molar-refractivity contribution is -0.137. The number of guanidine groups is 1. The lowest BCUT2D eigenvalue weighted by Crippen LogP contribution is -2.38. The Bertz CT molecular complexity index is 755. The van der Waals surface area contributed by atoms with Gasteiger partial charge in [0.25, 0.3) is 0 Å². The van der Waals surface area contributed by atoms with Crippen LogP contribution in [0.1, 0.15) is 11.1 Å². The molecule has 0 saturated carbocycles. The van der Waals surface area contributed by atoms with Gasteiger partial charge in [-0.1, -0.05) is 12.1 Å². The van der Waals surface area contributed by atoms with Gasteiger partial charge in [-0.05, 0) is 23.8 Å². The monoisotopic (exact) mass is 510 g/mol. The second-order valence-electron chi connectivity index (χ2n) is 5.44. The van der Waals surface area contributed by atoms with E-state index in [0.717, 1.165) is 23.6 Å². The second-order valence-corrected chi connectivity index (χ2v) is 5.44. The van der Waals surface area contributed by atoms with Crippen LogP contribution in [0.4, 0.5) is 13.2 Å². The molecule has 0 amide bonds. The molecule has 2 rings (SSSR count). The Morgan fingerprint density at radius 2 is 1.96 bits per heavy atom. The summed E-state index contributed by atoms with van der Waals surface area (Å²) in [5.74, 6) is 1.47. The summed E-state index contributed by atoms with van der Waals surface area (Å²) in [5.41, 5.74) is 0.220. The third-order valence-electron chi connectivity index (χ3n) is 3.53. The fourth-order valence-corrected chi connectivity index (χ4v) is 2.15. The SMILES string of the molecule is CN=C(NCCOc1ccc(C(F)(F)F)cn1)NCc1cccc(OC)c1.I. The predicted molar refractivity (Wildman–Crippen MR) is 111 cm³/mol. The first kappa shape index (κ1) is 23.8. The minimum Gasteiger partial charge on any atom is -0.497 e. The van der Waals surface area contributed by atoms with Gasteiger partial charge < -0.3 is 20.1 Å². The molecule has 0 aliphatic rings. The van der Waals surface area contributed by atoms with Crippen molar-refractivity contribution in [2.45, 2.75) is 12.7 Å². The molecule has 6 nitrogen and oxygen atoms in total. The van der Waals surface area contributed by atoms with Crippen LogP contribution in [-0.2, 0) is 12.7 Å². The van der Waals surface area contributed by atoms with Gasteiger partial charge in [0, 0.05) is 25.9 Å². The van der Waals surface area contributed by atoms with Gasteiger partial charge >= 0.3 is 6.18 Å². The van der Waals surface area contributed by atoms with Gasteiger partial charge in [-0.25, -0.2) is 4.98 Å². The summed E-state index contributed by atoms with van der Waals surface area (Å²) in [6, 6.07) is 9.77. The number of nitrogens with zero attached hydrogens (tertiary/aromatic N) is 2. The summed E-state index contributed by atoms with van der Waals surface area (Å²) in [7, 11) is 3.25. The molecule has 0 aliphatic heterocycles. The van der Waals surface area contributed by atoms with E-state index >= 15 is 0 Å². The molecule has 154 valence electrons. The van der Waals surface area contributed by atoms with Crippen molar-refractivity contribution >= 4 is 29.9 Å². The smallest absolute Gasteiger partial charge is 0.417 e. The minimum atomic E-state index is -4.41. The molecule has 0 radical (unpaired) electrons. The van der Waals surface area contributed by atoms with Crippen molar-refractivity contribution in [3.8, 4) is 11.6 Å². The molecule has 10 heteroatoms. The van der Waals surface area contributed by atoms with E-state index in [4.69, 9.17) is 9.47 Å². The number of aliphatic imine (C=N–C) groups is 1. The minimum absolute atomic E-state index is 0. The average molecular weight is 510 g/mol. The third-order valence-corrected chi connectivity index (χ3v) is 3.53. The molecule has 1 aromatic heterocycles. The van der Waals surface area contributed by atoms with Gasteiger partial charge in [0.2, 0.25) is 5.88 Å². The van der Waals surface area contributed by atoms with Crippen molar-refractivity contribution in [3.05, 3.63) is 53.7 Å². The van der Waals surface area contributed by atoms with E-state index in [1.807, 2.05) is 24.3 Å². The molecule has 0 bridgehead atoms. The van der Waals surface area contributed by atoms with Crippen LogP contribution in [0.15, 0.2) is 47.6 Å². The quantitative estimate of drug-likeness (QED) is 0.259. The molecule has 0 aliphatic carbocycles. The first-order valence-corrected chi connectivity index (χ1v) is 8.16. The van der Waals surface area contributed by atoms with E-state index < -0.39 is 11.7 Å². The van der Waals surface area contributed by atoms with Crippen LogP contribution < -0.4 is 20.1 Å². The first-order chi connectivity index (χ1) is 12.9. The average Bonchev–Trinajstić information content (AvgIpc) is 2.67. The highest BCUT2D eigenvalue weighted by molar-refractivity contribution is 14.0. The Kier molecular flexibility index (Phi) is 9.83. The van der Waals surface area contributed by atoms with Crippen LogP contribution in [0.2, 0.25) is 0 Å². The number of benzene rings is 1. The molecular weight excluding hydrogens is 488 g/mol. The highest BCUT2D eigenvalue weighted by Crippen LogP contribution is 2.29. The number of hydrogen-bond donors (Lipinski definition) is 2. The van der Waals surface area contributed by atoms with Crippen molar-refractivity contribution in [2.24, 2.45) is 4.99 Å². The lowest BCUT2D eigenvalue weighted by Gasteiger charge is -2.13. The van der Waals surface area contributed by atoms with E-state index in [2.05, 4.69) is 20.6 Å². The van der Waals surface area contributed by atoms with Gasteiger partial charge in [-0.3, -0.25) is 4.99 Å². The van der Waals surface area contributed by atoms with Gasteiger partial charge in [0.15, 0.2) is 5.96 Å². The zero-order valence-electron chi connectivity index (χ0n) is 15.4. The lowest BCUT2D eigenvalue weighted by atomic mass is 10.2. The Balaban J connectivity index is 0.00000392. The molecule has 0 unspecified atom stereocenters. The molecule has 1 heterocycles. The van der Waals surface area contributed by atoms with Crippen molar-refractivity contribution in [1.82, 2.24) is 15.6 Å². The Hall–Kier alpha value is -2.24. The number of nitrogens with one attached hydrogen (secondary N) is 2. The van der Waals surface area contributed by atoms with Gasteiger partial charge in [-0.15, -0.1) is 24.0 Å². The van der Waals surface area contributed by atoms with E-state index in [0.29, 0.717) is 19.0 Å². The number of alkyl halides is 3. The molecule has 1 aromatic carbocycles. The van der Waals surface area contributed by atoms with Crippen LogP contribution in [0.25, 0.3) is 0 Å². The molecule has 2 aromatic rings. The fourth-order valence-electron chi connectivity index (χ4n) is 2.15. The maximum absolute atomic E-state index is 12.5. The molecule has 0 fully saturated rings. The Morgan fingerprint density at radius 1 is 1.18 bits per heavy atom. The molecule has 28 heavy (non-hydrogen) atoms. The van der Waals surface area contributed by atoms with Crippen molar-refractivity contribution in [3.63, 3.8) is 0 Å². The fraction of sp³-hybridized carbons (Fsp3) is 0.333. The summed E-state index contributed by atoms with van der Waals surface area (Å²) in [5, 5.41) is 6.20. The van der Waals surface area contributed by atoms with Crippen molar-refractivity contribution < 1.29 is 22.6 Å². The largest absolute Gasteiger partial charge is 0.497 e. The summed E-state index contributed by atoms with van der Waals surface area (Å²) < 4.78 is 47.9. The van der Waals surface area contributed by atoms with Crippen LogP contribution in [-0.4, -0.2) is 38.3 Å². The molecule has 0 spiro atoms. The first-order valence-electron chi connectivity index (χ1n) is 8.16. The number of aromatic nitrogens is 1. The van der Waals surface area contributed by atoms with Gasteiger partial charge in [-0.2, -0.15) is 13.2 Å². The van der Waals surface area contributed by atoms with Gasteiger partial charge in [0.05, 0.1) is 19.2 Å². The predicted octanol–water partition coefficient (Wildman–Crippen LogP) is 3.47. The van der Waals surface area contributed by atoms with Gasteiger partial charge in [0.1, 0.15) is 12.4 Å².